The first-order chi connectivity index (χ1) is 31.9. The number of amides is 4. The number of nitrogens with one attached hydrogen (secondary N) is 2. The number of rotatable bonds is 22. The molecule has 2 heterocycles. The van der Waals surface area contributed by atoms with E-state index in [1.54, 1.807) is 117 Å². The van der Waals surface area contributed by atoms with Crippen LogP contribution in [-0.2, 0) is 19.2 Å². The molecule has 0 spiro atoms. The molecule has 4 aromatic rings. The molecule has 4 amide bonds. The van der Waals surface area contributed by atoms with Crippen molar-refractivity contribution in [2.75, 3.05) is 78.8 Å². The molecule has 18 nitrogen and oxygen atoms in total. The van der Waals surface area contributed by atoms with Gasteiger partial charge in [-0.25, -0.2) is 4.85 Å². The van der Waals surface area contributed by atoms with E-state index < -0.39 is 23.6 Å². The fraction of sp³-hybridized carbons (Fsp3) is 0.333. The van der Waals surface area contributed by atoms with Crippen molar-refractivity contribution in [1.82, 2.24) is 19.6 Å². The molecule has 6 rings (SSSR count). The maximum atomic E-state index is 12.5. The molecule has 0 radical (unpaired) electrons. The molecule has 0 unspecified atom stereocenters. The molecule has 0 aliphatic carbocycles. The highest BCUT2D eigenvalue weighted by Gasteiger charge is 2.33. The van der Waals surface area contributed by atoms with Crippen LogP contribution in [0.3, 0.4) is 0 Å². The van der Waals surface area contributed by atoms with Gasteiger partial charge in [-0.1, -0.05) is 30.3 Å². The van der Waals surface area contributed by atoms with Crippen LogP contribution in [-0.4, -0.2) is 134 Å². The van der Waals surface area contributed by atoms with Gasteiger partial charge in [0, 0.05) is 63.5 Å². The second-order valence-electron chi connectivity index (χ2n) is 15.1. The van der Waals surface area contributed by atoms with Gasteiger partial charge >= 0.3 is 23.6 Å². The molecule has 0 saturated carbocycles. The van der Waals surface area contributed by atoms with Gasteiger partial charge < -0.3 is 50.0 Å². The van der Waals surface area contributed by atoms with Gasteiger partial charge in [-0.15, -0.1) is 0 Å². The minimum atomic E-state index is -0.495. The Bertz CT molecular complexity index is 2400. The van der Waals surface area contributed by atoms with Crippen LogP contribution in [0.15, 0.2) is 97.1 Å². The predicted octanol–water partition coefficient (Wildman–Crippen LogP) is 4.18. The number of benzene rings is 4. The van der Waals surface area contributed by atoms with E-state index in [4.69, 9.17) is 53.1 Å². The number of hydrogen-bond donors (Lipinski definition) is 4. The van der Waals surface area contributed by atoms with Crippen LogP contribution >= 0.6 is 0 Å². The fourth-order valence-electron chi connectivity index (χ4n) is 6.82. The Balaban J connectivity index is 0.000000248. The smallest absolute Gasteiger partial charge is 0.312 e. The molecule has 2 aliphatic heterocycles. The summed E-state index contributed by atoms with van der Waals surface area (Å²) in [7, 11) is 0. The number of carbonyl (C=O) groups excluding carboxylic acids is 4. The number of nitrogens with zero attached hydrogens (tertiary/aromatic N) is 6. The molecule has 4 aromatic carbocycles. The van der Waals surface area contributed by atoms with Gasteiger partial charge in [0.1, 0.15) is 34.7 Å². The van der Waals surface area contributed by atoms with Crippen molar-refractivity contribution in [3.8, 4) is 29.1 Å². The monoisotopic (exact) mass is 898 g/mol. The summed E-state index contributed by atoms with van der Waals surface area (Å²) in [6, 6.07) is 29.7. The molecule has 66 heavy (non-hydrogen) atoms. The molecule has 0 aromatic heterocycles. The topological polar surface area (TPSA) is 246 Å². The summed E-state index contributed by atoms with van der Waals surface area (Å²) in [5.74, 6) is 0.566. The van der Waals surface area contributed by atoms with Crippen LogP contribution in [0.4, 0.5) is 5.69 Å². The Hall–Kier alpha value is -8.12. The van der Waals surface area contributed by atoms with E-state index in [2.05, 4.69) is 10.9 Å². The second-order valence-corrected chi connectivity index (χ2v) is 15.1. The minimum Gasteiger partial charge on any atom is -0.494 e. The van der Waals surface area contributed by atoms with Crippen LogP contribution < -0.4 is 30.4 Å². The molecular weight excluding hydrogens is 845 g/mol. The summed E-state index contributed by atoms with van der Waals surface area (Å²) >= 11 is 0. The maximum Gasteiger partial charge on any atom is 0.312 e. The van der Waals surface area contributed by atoms with Crippen LogP contribution in [0.25, 0.3) is 4.85 Å². The summed E-state index contributed by atoms with van der Waals surface area (Å²) < 4.78 is 22.6. The lowest BCUT2D eigenvalue weighted by atomic mass is 10.2. The minimum absolute atomic E-state index is 0.000785. The van der Waals surface area contributed by atoms with E-state index in [1.165, 1.54) is 0 Å². The third kappa shape index (κ3) is 15.0. The average molecular weight is 899 g/mol. The number of piperazine rings is 2. The predicted molar refractivity (Wildman–Crippen MR) is 246 cm³/mol. The van der Waals surface area contributed by atoms with Gasteiger partial charge in [-0.2, -0.15) is 5.26 Å². The van der Waals surface area contributed by atoms with E-state index >= 15 is 0 Å². The fourth-order valence-corrected chi connectivity index (χ4v) is 6.82. The lowest BCUT2D eigenvalue weighted by Crippen LogP contribution is -2.54. The number of nitriles is 1. The summed E-state index contributed by atoms with van der Waals surface area (Å²) in [5.41, 5.74) is 13.2. The van der Waals surface area contributed by atoms with E-state index in [9.17, 15) is 19.2 Å². The van der Waals surface area contributed by atoms with Gasteiger partial charge in [0.05, 0.1) is 44.6 Å². The zero-order valence-electron chi connectivity index (χ0n) is 36.7. The van der Waals surface area contributed by atoms with Gasteiger partial charge in [0.25, 0.3) is 0 Å². The zero-order valence-corrected chi connectivity index (χ0v) is 36.7. The van der Waals surface area contributed by atoms with E-state index in [-0.39, 0.29) is 11.7 Å². The van der Waals surface area contributed by atoms with E-state index in [0.717, 1.165) is 0 Å². The molecule has 2 aliphatic rings. The third-order valence-electron chi connectivity index (χ3n) is 10.4. The number of nitrogens with two attached hydrogens (primary N) is 2. The lowest BCUT2D eigenvalue weighted by molar-refractivity contribution is -0.156. The van der Waals surface area contributed by atoms with Crippen molar-refractivity contribution in [2.24, 2.45) is 11.5 Å². The van der Waals surface area contributed by atoms with Gasteiger partial charge in [-0.05, 0) is 92.4 Å². The van der Waals surface area contributed by atoms with Crippen molar-refractivity contribution in [3.05, 3.63) is 125 Å². The number of amidine groups is 2. The van der Waals surface area contributed by atoms with Crippen LogP contribution in [0.5, 0.6) is 23.0 Å². The standard InChI is InChI=1S/C24H30N6O4.C24H24N4O4/c25-21(26)17-6-8-19(9-7-17)33-14-2-10-29-12-13-30(24(32)23(29)31)11-3-15-34-20-5-1-4-18(16-20)22(27)28;1-26-20-7-9-21(10-8-20)31-15-3-11-27-13-14-28(24(30)23(27)29)12-4-16-32-22-6-2-5-19(17-22)18-25/h1,4-9,16H,2-3,10-15H2,(H3,25,26)(H3,27,28);2,5-10,17H,3-4,11-16H2. The molecule has 0 bridgehead atoms. The molecular formula is C48H54N10O8. The molecule has 18 heteroatoms. The van der Waals surface area contributed by atoms with Gasteiger partial charge in [0.15, 0.2) is 5.69 Å². The highest BCUT2D eigenvalue weighted by molar-refractivity contribution is 6.35. The highest BCUT2D eigenvalue weighted by atomic mass is 16.5. The first-order valence-electron chi connectivity index (χ1n) is 21.5. The summed E-state index contributed by atoms with van der Waals surface area (Å²) in [5, 5.41) is 23.8. The zero-order chi connectivity index (χ0) is 47.3. The Labute approximate surface area is 384 Å². The summed E-state index contributed by atoms with van der Waals surface area (Å²) in [6.07, 6.45) is 2.38. The molecule has 0 atom stereocenters. The first kappa shape index (κ1) is 48.9. The van der Waals surface area contributed by atoms with Crippen molar-refractivity contribution in [2.45, 2.75) is 25.7 Å². The maximum absolute atomic E-state index is 12.5. The van der Waals surface area contributed by atoms with Crippen molar-refractivity contribution in [1.29, 1.82) is 16.1 Å². The Kier molecular flexibility index (Phi) is 18.7. The first-order valence-corrected chi connectivity index (χ1v) is 21.5. The van der Waals surface area contributed by atoms with Crippen LogP contribution in [0.1, 0.15) is 42.4 Å². The Morgan fingerprint density at radius 3 is 1.32 bits per heavy atom. The largest absolute Gasteiger partial charge is 0.494 e. The number of ether oxygens (including phenoxy) is 4. The molecule has 6 N–H and O–H groups in total. The summed E-state index contributed by atoms with van der Waals surface area (Å²) in [4.78, 5) is 59.3. The summed E-state index contributed by atoms with van der Waals surface area (Å²) in [6.45, 7) is 12.3. The number of carbonyl (C=O) groups is 4. The normalized spacial score (nSPS) is 13.5. The number of hydrogen-bond acceptors (Lipinski definition) is 11. The SMILES string of the molecule is N=C(N)c1ccc(OCCCN2CCN(CCCOc3cccc(C(=N)N)c3)C(=O)C2=O)cc1.[C-]#[N+]c1ccc(OCCCN2CCN(CCCOc3cccc(C#N)c3)C(=O)C2=O)cc1. The Morgan fingerprint density at radius 2 is 0.924 bits per heavy atom. The number of nitrogen functional groups attached to an aromatic ring is 2. The average Bonchev–Trinajstić information content (AvgIpc) is 3.33. The molecule has 2 saturated heterocycles. The highest BCUT2D eigenvalue weighted by Crippen LogP contribution is 2.19. The van der Waals surface area contributed by atoms with Gasteiger partial charge in [-0.3, -0.25) is 30.0 Å². The van der Waals surface area contributed by atoms with Crippen molar-refractivity contribution in [3.63, 3.8) is 0 Å². The van der Waals surface area contributed by atoms with Gasteiger partial charge in [0.2, 0.25) is 0 Å². The Morgan fingerprint density at radius 1 is 0.545 bits per heavy atom. The molecule has 2 fully saturated rings. The third-order valence-corrected chi connectivity index (χ3v) is 10.4. The van der Waals surface area contributed by atoms with Crippen molar-refractivity contribution < 1.29 is 38.1 Å². The quantitative estimate of drug-likeness (QED) is 0.0287. The van der Waals surface area contributed by atoms with Crippen molar-refractivity contribution >= 4 is 41.0 Å². The van der Waals surface area contributed by atoms with E-state index in [0.29, 0.717) is 150 Å². The van der Waals surface area contributed by atoms with Crippen LogP contribution in [0, 0.1) is 28.7 Å². The molecule has 344 valence electrons. The second kappa shape index (κ2) is 25.2. The lowest BCUT2D eigenvalue weighted by Gasteiger charge is -2.33. The van der Waals surface area contributed by atoms with Crippen LogP contribution in [0.2, 0.25) is 0 Å². The van der Waals surface area contributed by atoms with E-state index in [1.807, 2.05) is 0 Å².